The monoisotopic (exact) mass is 307 g/mol. The minimum Gasteiger partial charge on any atom is -0.345 e. The number of aromatic nitrogens is 1. The Morgan fingerprint density at radius 1 is 1.55 bits per heavy atom. The molecule has 7 heteroatoms. The Kier molecular flexibility index (Phi) is 7.56. The third-order valence-electron chi connectivity index (χ3n) is 2.34. The molecule has 0 amide bonds. The van der Waals surface area contributed by atoms with Crippen LogP contribution in [0.4, 0.5) is 0 Å². The van der Waals surface area contributed by atoms with Crippen molar-refractivity contribution in [3.63, 3.8) is 0 Å². The molecule has 0 aromatic carbocycles. The van der Waals surface area contributed by atoms with Crippen LogP contribution < -0.4 is 10.6 Å². The van der Waals surface area contributed by atoms with Crippen LogP contribution >= 0.6 is 23.1 Å². The molecule has 0 saturated carbocycles. The summed E-state index contributed by atoms with van der Waals surface area (Å²) in [6, 6.07) is 0. The minimum absolute atomic E-state index is 0.346. The lowest BCUT2D eigenvalue weighted by molar-refractivity contribution is 0.967. The zero-order valence-electron chi connectivity index (χ0n) is 11.6. The van der Waals surface area contributed by atoms with Gasteiger partial charge in [0, 0.05) is 16.4 Å². The summed E-state index contributed by atoms with van der Waals surface area (Å²) in [5, 5.41) is 15.0. The van der Waals surface area contributed by atoms with Crippen molar-refractivity contribution in [2.75, 3.05) is 18.8 Å². The Labute approximate surface area is 127 Å². The van der Waals surface area contributed by atoms with E-state index in [2.05, 4.69) is 33.5 Å². The Bertz CT molecular complexity index is 516. The van der Waals surface area contributed by atoms with E-state index in [0.717, 1.165) is 22.2 Å². The highest BCUT2D eigenvalue weighted by atomic mass is 32.2. The van der Waals surface area contributed by atoms with E-state index in [9.17, 15) is 0 Å². The highest BCUT2D eigenvalue weighted by Gasteiger charge is 2.03. The second-order valence-corrected chi connectivity index (χ2v) is 6.22. The number of nitriles is 1. The maximum Gasteiger partial charge on any atom is 0.205 e. The number of terminal acetylenes is 1. The zero-order valence-corrected chi connectivity index (χ0v) is 13.2. The van der Waals surface area contributed by atoms with Crippen molar-refractivity contribution in [3.05, 3.63) is 15.6 Å². The average molecular weight is 307 g/mol. The second kappa shape index (κ2) is 9.24. The van der Waals surface area contributed by atoms with Crippen LogP contribution in [0.5, 0.6) is 0 Å². The van der Waals surface area contributed by atoms with E-state index < -0.39 is 0 Å². The van der Waals surface area contributed by atoms with Crippen LogP contribution in [0.3, 0.4) is 0 Å². The van der Waals surface area contributed by atoms with Gasteiger partial charge in [-0.05, 0) is 13.8 Å². The highest BCUT2D eigenvalue weighted by molar-refractivity contribution is 7.98. The van der Waals surface area contributed by atoms with E-state index >= 15 is 0 Å². The van der Waals surface area contributed by atoms with Crippen LogP contribution in [-0.4, -0.2) is 29.8 Å². The summed E-state index contributed by atoms with van der Waals surface area (Å²) in [6.45, 7) is 5.08. The van der Waals surface area contributed by atoms with Crippen molar-refractivity contribution in [2.45, 2.75) is 19.6 Å². The number of nitrogens with one attached hydrogen (secondary N) is 2. The van der Waals surface area contributed by atoms with Crippen LogP contribution in [0.2, 0.25) is 0 Å². The van der Waals surface area contributed by atoms with Crippen molar-refractivity contribution >= 4 is 29.1 Å². The molecule has 0 aliphatic rings. The predicted molar refractivity (Wildman–Crippen MR) is 85.6 cm³/mol. The average Bonchev–Trinajstić information content (AvgIpc) is 2.74. The van der Waals surface area contributed by atoms with Gasteiger partial charge >= 0.3 is 0 Å². The van der Waals surface area contributed by atoms with Gasteiger partial charge in [-0.25, -0.2) is 4.98 Å². The number of rotatable bonds is 6. The molecule has 0 fully saturated rings. The van der Waals surface area contributed by atoms with Crippen molar-refractivity contribution in [3.8, 4) is 18.5 Å². The van der Waals surface area contributed by atoms with Crippen molar-refractivity contribution in [1.29, 1.82) is 5.26 Å². The molecular formula is C13H17N5S2. The fourth-order valence-corrected chi connectivity index (χ4v) is 3.13. The van der Waals surface area contributed by atoms with Gasteiger partial charge in [0.05, 0.1) is 18.8 Å². The number of aryl methyl sites for hydroxylation is 2. The number of guanidine groups is 1. The normalized spacial score (nSPS) is 10.7. The molecule has 0 atom stereocenters. The first-order chi connectivity index (χ1) is 9.67. The second-order valence-electron chi connectivity index (χ2n) is 3.83. The first-order valence-corrected chi connectivity index (χ1v) is 8.02. The molecule has 106 valence electrons. The topological polar surface area (TPSA) is 73.1 Å². The van der Waals surface area contributed by atoms with Gasteiger partial charge in [-0.3, -0.25) is 10.3 Å². The molecule has 0 radical (unpaired) electrons. The van der Waals surface area contributed by atoms with E-state index in [1.165, 1.54) is 4.88 Å². The van der Waals surface area contributed by atoms with Gasteiger partial charge in [0.1, 0.15) is 5.01 Å². The number of hydrogen-bond acceptors (Lipinski definition) is 5. The fourth-order valence-electron chi connectivity index (χ4n) is 1.31. The molecule has 0 aliphatic heterocycles. The highest BCUT2D eigenvalue weighted by Crippen LogP contribution is 2.20. The molecular weight excluding hydrogens is 290 g/mol. The third kappa shape index (κ3) is 5.96. The van der Waals surface area contributed by atoms with Crippen LogP contribution in [-0.2, 0) is 5.75 Å². The maximum atomic E-state index is 8.57. The summed E-state index contributed by atoms with van der Waals surface area (Å²) >= 11 is 3.51. The number of nitrogens with zero attached hydrogens (tertiary/aromatic N) is 3. The Morgan fingerprint density at radius 2 is 2.35 bits per heavy atom. The summed E-state index contributed by atoms with van der Waals surface area (Å²) in [5.74, 6) is 4.62. The summed E-state index contributed by atoms with van der Waals surface area (Å²) in [6.07, 6.45) is 6.97. The molecule has 0 bridgehead atoms. The van der Waals surface area contributed by atoms with Gasteiger partial charge in [-0.1, -0.05) is 5.92 Å². The molecule has 1 aromatic heterocycles. The SMILES string of the molecule is C#CCN/C(=N/CCSCc1nc(C)c(C)s1)NC#N. The van der Waals surface area contributed by atoms with E-state index in [4.69, 9.17) is 11.7 Å². The van der Waals surface area contributed by atoms with Gasteiger partial charge in [0.15, 0.2) is 6.19 Å². The van der Waals surface area contributed by atoms with Gasteiger partial charge in [0.2, 0.25) is 5.96 Å². The van der Waals surface area contributed by atoms with E-state index in [1.807, 2.05) is 13.1 Å². The van der Waals surface area contributed by atoms with E-state index in [1.54, 1.807) is 23.1 Å². The molecule has 0 saturated heterocycles. The maximum absolute atomic E-state index is 8.57. The van der Waals surface area contributed by atoms with E-state index in [-0.39, 0.29) is 0 Å². The lowest BCUT2D eigenvalue weighted by atomic mass is 10.4. The Morgan fingerprint density at radius 3 is 2.95 bits per heavy atom. The Hall–Kier alpha value is -1.70. The van der Waals surface area contributed by atoms with Gasteiger partial charge in [0.25, 0.3) is 0 Å². The smallest absolute Gasteiger partial charge is 0.205 e. The quantitative estimate of drug-likeness (QED) is 0.209. The third-order valence-corrected chi connectivity index (χ3v) is 4.54. The largest absolute Gasteiger partial charge is 0.345 e. The molecule has 1 heterocycles. The molecule has 1 aromatic rings. The summed E-state index contributed by atoms with van der Waals surface area (Å²) in [7, 11) is 0. The number of thiazole rings is 1. The van der Waals surface area contributed by atoms with Crippen LogP contribution in [0.15, 0.2) is 4.99 Å². The van der Waals surface area contributed by atoms with Crippen molar-refractivity contribution in [2.24, 2.45) is 4.99 Å². The molecule has 5 nitrogen and oxygen atoms in total. The van der Waals surface area contributed by atoms with Crippen LogP contribution in [0.1, 0.15) is 15.6 Å². The Balaban J connectivity index is 2.28. The van der Waals surface area contributed by atoms with Crippen molar-refractivity contribution < 1.29 is 0 Å². The molecule has 2 N–H and O–H groups in total. The summed E-state index contributed by atoms with van der Waals surface area (Å²) < 4.78 is 0. The molecule has 0 aliphatic carbocycles. The molecule has 0 unspecified atom stereocenters. The van der Waals surface area contributed by atoms with Gasteiger partial charge in [-0.2, -0.15) is 17.0 Å². The lowest BCUT2D eigenvalue weighted by Gasteiger charge is -2.04. The predicted octanol–water partition coefficient (Wildman–Crippen LogP) is 1.64. The first kappa shape index (κ1) is 16.4. The van der Waals surface area contributed by atoms with Crippen LogP contribution in [0.25, 0.3) is 0 Å². The van der Waals surface area contributed by atoms with E-state index in [0.29, 0.717) is 19.0 Å². The summed E-state index contributed by atoms with van der Waals surface area (Å²) in [5.41, 5.74) is 1.11. The van der Waals surface area contributed by atoms with Crippen LogP contribution in [0, 0.1) is 37.6 Å². The van der Waals surface area contributed by atoms with Gasteiger partial charge in [-0.15, -0.1) is 17.8 Å². The lowest BCUT2D eigenvalue weighted by Crippen LogP contribution is -2.34. The number of aliphatic imine (C=N–C) groups is 1. The molecule has 1 rings (SSSR count). The fraction of sp³-hybridized carbons (Fsp3) is 0.462. The first-order valence-electron chi connectivity index (χ1n) is 6.05. The minimum atomic E-state index is 0.346. The van der Waals surface area contributed by atoms with Gasteiger partial charge < -0.3 is 5.32 Å². The standard InChI is InChI=1S/C13H17N5S2/c1-4-5-15-13(17-9-14)16-6-7-19-8-12-18-10(2)11(3)20-12/h1H,5-8H2,2-3H3,(H2,15,16,17). The molecule has 20 heavy (non-hydrogen) atoms. The number of hydrogen-bond donors (Lipinski definition) is 2. The number of thioether (sulfide) groups is 1. The zero-order chi connectivity index (χ0) is 14.8. The summed E-state index contributed by atoms with van der Waals surface area (Å²) in [4.78, 5) is 10.0. The van der Waals surface area contributed by atoms with Crippen molar-refractivity contribution in [1.82, 2.24) is 15.6 Å². The molecule has 0 spiro atoms.